The molecule has 0 aliphatic carbocycles. The molecule has 0 spiro atoms. The molecule has 1 rings (SSSR count). The lowest BCUT2D eigenvalue weighted by Gasteiger charge is -2.28. The van der Waals surface area contributed by atoms with E-state index in [1.165, 1.54) is 6.20 Å². The summed E-state index contributed by atoms with van der Waals surface area (Å²) in [5.41, 5.74) is 0.892. The average molecular weight is 299 g/mol. The molecule has 5 heteroatoms. The normalized spacial score (nSPS) is 13.3. The Hall–Kier alpha value is -0.810. The van der Waals surface area contributed by atoms with Crippen molar-refractivity contribution >= 4 is 17.6 Å². The van der Waals surface area contributed by atoms with Crippen LogP contribution in [0.5, 0.6) is 0 Å². The SMILES string of the molecule is CSCC(C)N(C)c1ncc(F)cc1CNC(C)(C)C. The van der Waals surface area contributed by atoms with E-state index < -0.39 is 0 Å². The fourth-order valence-corrected chi connectivity index (χ4v) is 2.55. The second-order valence-electron chi connectivity index (χ2n) is 6.16. The van der Waals surface area contributed by atoms with Crippen LogP contribution < -0.4 is 10.2 Å². The van der Waals surface area contributed by atoms with Gasteiger partial charge in [0, 0.05) is 36.5 Å². The van der Waals surface area contributed by atoms with Crippen molar-refractivity contribution in [2.75, 3.05) is 24.0 Å². The van der Waals surface area contributed by atoms with Crippen molar-refractivity contribution in [1.82, 2.24) is 10.3 Å². The number of nitrogens with zero attached hydrogens (tertiary/aromatic N) is 2. The first-order valence-corrected chi connectivity index (χ1v) is 8.25. The lowest BCUT2D eigenvalue weighted by Crippen LogP contribution is -2.37. The molecule has 3 nitrogen and oxygen atoms in total. The first kappa shape index (κ1) is 17.2. The fourth-order valence-electron chi connectivity index (χ4n) is 1.84. The summed E-state index contributed by atoms with van der Waals surface area (Å²) in [4.78, 5) is 6.40. The number of anilines is 1. The molecule has 0 amide bonds. The summed E-state index contributed by atoms with van der Waals surface area (Å²) < 4.78 is 13.5. The van der Waals surface area contributed by atoms with E-state index in [-0.39, 0.29) is 11.4 Å². The molecule has 0 aliphatic heterocycles. The second kappa shape index (κ2) is 7.27. The van der Waals surface area contributed by atoms with E-state index in [9.17, 15) is 4.39 Å². The number of nitrogens with one attached hydrogen (secondary N) is 1. The molecule has 0 saturated carbocycles. The third-order valence-electron chi connectivity index (χ3n) is 3.12. The van der Waals surface area contributed by atoms with Crippen LogP contribution in [0.3, 0.4) is 0 Å². The van der Waals surface area contributed by atoms with E-state index in [2.05, 4.69) is 49.2 Å². The number of hydrogen-bond acceptors (Lipinski definition) is 4. The van der Waals surface area contributed by atoms with Crippen molar-refractivity contribution in [1.29, 1.82) is 0 Å². The number of aromatic nitrogens is 1. The van der Waals surface area contributed by atoms with Crippen molar-refractivity contribution in [3.63, 3.8) is 0 Å². The maximum atomic E-state index is 13.5. The van der Waals surface area contributed by atoms with Gasteiger partial charge in [0.05, 0.1) is 6.20 Å². The molecular weight excluding hydrogens is 273 g/mol. The Kier molecular flexibility index (Phi) is 6.27. The van der Waals surface area contributed by atoms with Crippen LogP contribution in [0.1, 0.15) is 33.3 Å². The minimum absolute atomic E-state index is 0.00690. The van der Waals surface area contributed by atoms with Crippen molar-refractivity contribution in [3.8, 4) is 0 Å². The predicted octanol–water partition coefficient (Wildman–Crippen LogP) is 3.30. The van der Waals surface area contributed by atoms with Gasteiger partial charge in [-0.05, 0) is 40.0 Å². The zero-order valence-corrected chi connectivity index (χ0v) is 14.1. The van der Waals surface area contributed by atoms with Gasteiger partial charge in [0.25, 0.3) is 0 Å². The highest BCUT2D eigenvalue weighted by atomic mass is 32.2. The molecule has 0 fully saturated rings. The molecule has 0 aromatic carbocycles. The van der Waals surface area contributed by atoms with Gasteiger partial charge in [-0.15, -0.1) is 0 Å². The Balaban J connectivity index is 2.94. The number of thioether (sulfide) groups is 1. The molecule has 0 aliphatic rings. The lowest BCUT2D eigenvalue weighted by molar-refractivity contribution is 0.423. The molecule has 1 unspecified atom stereocenters. The van der Waals surface area contributed by atoms with Crippen LogP contribution in [0, 0.1) is 5.82 Å². The summed E-state index contributed by atoms with van der Waals surface area (Å²) in [6.07, 6.45) is 3.38. The molecule has 1 aromatic rings. The Morgan fingerprint density at radius 3 is 2.65 bits per heavy atom. The van der Waals surface area contributed by atoms with E-state index >= 15 is 0 Å². The van der Waals surface area contributed by atoms with Gasteiger partial charge in [0.2, 0.25) is 0 Å². The minimum Gasteiger partial charge on any atom is -0.356 e. The zero-order valence-electron chi connectivity index (χ0n) is 13.3. The Morgan fingerprint density at radius 1 is 1.45 bits per heavy atom. The fraction of sp³-hybridized carbons (Fsp3) is 0.667. The van der Waals surface area contributed by atoms with E-state index in [0.717, 1.165) is 17.1 Å². The Morgan fingerprint density at radius 2 is 2.10 bits per heavy atom. The van der Waals surface area contributed by atoms with Crippen LogP contribution in [0.15, 0.2) is 12.3 Å². The van der Waals surface area contributed by atoms with Crippen molar-refractivity contribution in [2.24, 2.45) is 0 Å². The summed E-state index contributed by atoms with van der Waals surface area (Å²) >= 11 is 1.80. The van der Waals surface area contributed by atoms with Crippen molar-refractivity contribution < 1.29 is 4.39 Å². The molecule has 1 N–H and O–H groups in total. The topological polar surface area (TPSA) is 28.2 Å². The summed E-state index contributed by atoms with van der Waals surface area (Å²) in [7, 11) is 2.02. The third kappa shape index (κ3) is 5.29. The lowest BCUT2D eigenvalue weighted by atomic mass is 10.1. The van der Waals surface area contributed by atoms with Crippen LogP contribution in [0.25, 0.3) is 0 Å². The van der Waals surface area contributed by atoms with Gasteiger partial charge in [-0.2, -0.15) is 11.8 Å². The van der Waals surface area contributed by atoms with E-state index in [0.29, 0.717) is 12.6 Å². The molecule has 20 heavy (non-hydrogen) atoms. The standard InChI is InChI=1S/C15H26FN3S/c1-11(10-20-6)19(5)14-12(7-13(16)9-17-14)8-18-15(2,3)4/h7,9,11,18H,8,10H2,1-6H3. The van der Waals surface area contributed by atoms with Crippen LogP contribution in [-0.2, 0) is 6.54 Å². The number of pyridine rings is 1. The predicted molar refractivity (Wildman–Crippen MR) is 87.0 cm³/mol. The van der Waals surface area contributed by atoms with Crippen LogP contribution in [-0.4, -0.2) is 35.6 Å². The van der Waals surface area contributed by atoms with Gasteiger partial charge >= 0.3 is 0 Å². The molecular formula is C15H26FN3S. The van der Waals surface area contributed by atoms with E-state index in [1.54, 1.807) is 17.8 Å². The summed E-state index contributed by atoms with van der Waals surface area (Å²) in [6.45, 7) is 9.06. The molecule has 0 saturated heterocycles. The average Bonchev–Trinajstić information content (AvgIpc) is 2.35. The van der Waals surface area contributed by atoms with Gasteiger partial charge in [0.15, 0.2) is 0 Å². The molecule has 0 radical (unpaired) electrons. The monoisotopic (exact) mass is 299 g/mol. The van der Waals surface area contributed by atoms with Crippen molar-refractivity contribution in [3.05, 3.63) is 23.6 Å². The van der Waals surface area contributed by atoms with Gasteiger partial charge in [-0.3, -0.25) is 0 Å². The Labute approximate surface area is 126 Å². The van der Waals surface area contributed by atoms with Crippen LogP contribution in [0.2, 0.25) is 0 Å². The Bertz CT molecular complexity index is 432. The van der Waals surface area contributed by atoms with Crippen molar-refractivity contribution in [2.45, 2.75) is 45.8 Å². The maximum absolute atomic E-state index is 13.5. The number of halogens is 1. The highest BCUT2D eigenvalue weighted by molar-refractivity contribution is 7.98. The van der Waals surface area contributed by atoms with Gasteiger partial charge in [-0.25, -0.2) is 9.37 Å². The molecule has 0 bridgehead atoms. The highest BCUT2D eigenvalue weighted by Crippen LogP contribution is 2.21. The molecule has 1 atom stereocenters. The van der Waals surface area contributed by atoms with Gasteiger partial charge in [-0.1, -0.05) is 0 Å². The summed E-state index contributed by atoms with van der Waals surface area (Å²) in [5, 5.41) is 3.39. The minimum atomic E-state index is -0.287. The highest BCUT2D eigenvalue weighted by Gasteiger charge is 2.17. The van der Waals surface area contributed by atoms with E-state index in [1.807, 2.05) is 7.05 Å². The van der Waals surface area contributed by atoms with Gasteiger partial charge in [0.1, 0.15) is 11.6 Å². The van der Waals surface area contributed by atoms with Crippen LogP contribution >= 0.6 is 11.8 Å². The van der Waals surface area contributed by atoms with E-state index in [4.69, 9.17) is 0 Å². The molecule has 114 valence electrons. The zero-order chi connectivity index (χ0) is 15.3. The molecule has 1 aromatic heterocycles. The smallest absolute Gasteiger partial charge is 0.141 e. The molecule has 1 heterocycles. The quantitative estimate of drug-likeness (QED) is 0.872. The number of hydrogen-bond donors (Lipinski definition) is 1. The van der Waals surface area contributed by atoms with Gasteiger partial charge < -0.3 is 10.2 Å². The summed E-state index contributed by atoms with van der Waals surface area (Å²) in [5.74, 6) is 1.58. The largest absolute Gasteiger partial charge is 0.356 e. The number of rotatable bonds is 6. The first-order chi connectivity index (χ1) is 9.24. The van der Waals surface area contributed by atoms with Crippen LogP contribution in [0.4, 0.5) is 10.2 Å². The second-order valence-corrected chi connectivity index (χ2v) is 7.07. The summed E-state index contributed by atoms with van der Waals surface area (Å²) in [6, 6.07) is 1.93. The third-order valence-corrected chi connectivity index (χ3v) is 3.94. The first-order valence-electron chi connectivity index (χ1n) is 6.86. The maximum Gasteiger partial charge on any atom is 0.141 e.